The number of alkyl halides is 3. The second-order valence-corrected chi connectivity index (χ2v) is 5.58. The molecule has 0 heterocycles. The highest BCUT2D eigenvalue weighted by atomic mass is 19.4. The van der Waals surface area contributed by atoms with Crippen LogP contribution in [0, 0.1) is 5.92 Å². The zero-order chi connectivity index (χ0) is 16.5. The lowest BCUT2D eigenvalue weighted by Crippen LogP contribution is -2.34. The van der Waals surface area contributed by atoms with Crippen LogP contribution in [0.3, 0.4) is 0 Å². The van der Waals surface area contributed by atoms with Crippen molar-refractivity contribution in [1.29, 1.82) is 0 Å². The Morgan fingerprint density at radius 3 is 2.64 bits per heavy atom. The molecule has 3 nitrogen and oxygen atoms in total. The first kappa shape index (κ1) is 16.8. The van der Waals surface area contributed by atoms with Crippen LogP contribution in [-0.4, -0.2) is 36.2 Å². The molecule has 0 saturated carbocycles. The normalized spacial score (nSPS) is 19.8. The minimum atomic E-state index is -4.61. The Morgan fingerprint density at radius 2 is 2.14 bits per heavy atom. The number of methoxy groups -OCH3 is 1. The molecule has 1 aliphatic carbocycles. The van der Waals surface area contributed by atoms with E-state index in [9.17, 15) is 18.3 Å². The molecule has 0 amide bonds. The fourth-order valence-corrected chi connectivity index (χ4v) is 2.87. The van der Waals surface area contributed by atoms with Gasteiger partial charge in [-0.3, -0.25) is 0 Å². The molecule has 1 aromatic rings. The number of hydrogen-bond donors (Lipinski definition) is 2. The third kappa shape index (κ3) is 3.28. The number of benzene rings is 1. The fraction of sp³-hybridized carbons (Fsp3) is 0.500. The summed E-state index contributed by atoms with van der Waals surface area (Å²) in [5.41, 5.74) is 0.998. The average molecular weight is 316 g/mol. The number of hydrogen-bond acceptors (Lipinski definition) is 3. The standard InChI is InChI=1S/C16H19F3O3/c1-9(16(17,18)19)14(8-20)15(21)7-11-5-10-6-12(22-2)3-4-13(10)11/h3-4,6,11,14-15,20-21H,1,5,7-8H2,2H3/t11?,14-,15+/m1/s1. The summed E-state index contributed by atoms with van der Waals surface area (Å²) in [5.74, 6) is -0.662. The third-order valence-electron chi connectivity index (χ3n) is 4.26. The average Bonchev–Trinajstić information content (AvgIpc) is 2.44. The predicted molar refractivity (Wildman–Crippen MR) is 75.8 cm³/mol. The maximum Gasteiger partial charge on any atom is 0.412 e. The summed E-state index contributed by atoms with van der Waals surface area (Å²) in [6.45, 7) is 2.20. The molecule has 0 fully saturated rings. The van der Waals surface area contributed by atoms with Crippen LogP contribution in [0.2, 0.25) is 0 Å². The lowest BCUT2D eigenvalue weighted by Gasteiger charge is -2.34. The van der Waals surface area contributed by atoms with Crippen LogP contribution in [0.4, 0.5) is 13.2 Å². The molecule has 0 aromatic heterocycles. The quantitative estimate of drug-likeness (QED) is 0.794. The molecule has 1 unspecified atom stereocenters. The second kappa shape index (κ2) is 6.30. The first-order chi connectivity index (χ1) is 10.3. The van der Waals surface area contributed by atoms with Gasteiger partial charge in [0, 0.05) is 11.5 Å². The Hall–Kier alpha value is -1.53. The highest BCUT2D eigenvalue weighted by Crippen LogP contribution is 2.42. The summed E-state index contributed by atoms with van der Waals surface area (Å²) in [7, 11) is 1.57. The highest BCUT2D eigenvalue weighted by molar-refractivity contribution is 5.45. The SMILES string of the molecule is C=C([C@@H](CO)[C@@H](O)CC1Cc2cc(OC)ccc21)C(F)(F)F. The Kier molecular flexibility index (Phi) is 4.82. The van der Waals surface area contributed by atoms with Crippen LogP contribution < -0.4 is 4.74 Å². The van der Waals surface area contributed by atoms with Crippen LogP contribution >= 0.6 is 0 Å². The van der Waals surface area contributed by atoms with E-state index in [2.05, 4.69) is 6.58 Å². The van der Waals surface area contributed by atoms with Crippen LogP contribution in [-0.2, 0) is 6.42 Å². The van der Waals surface area contributed by atoms with Crippen molar-refractivity contribution in [3.05, 3.63) is 41.5 Å². The molecule has 0 saturated heterocycles. The molecule has 1 aliphatic rings. The molecule has 2 rings (SSSR count). The zero-order valence-electron chi connectivity index (χ0n) is 12.2. The molecule has 0 bridgehead atoms. The Morgan fingerprint density at radius 1 is 1.45 bits per heavy atom. The Balaban J connectivity index is 2.03. The van der Waals surface area contributed by atoms with E-state index >= 15 is 0 Å². The van der Waals surface area contributed by atoms with Gasteiger partial charge in [-0.15, -0.1) is 0 Å². The number of halogens is 3. The van der Waals surface area contributed by atoms with Gasteiger partial charge in [0.1, 0.15) is 5.75 Å². The summed E-state index contributed by atoms with van der Waals surface area (Å²) in [4.78, 5) is 0. The number of ether oxygens (including phenoxy) is 1. The van der Waals surface area contributed by atoms with E-state index in [1.807, 2.05) is 12.1 Å². The van der Waals surface area contributed by atoms with Crippen molar-refractivity contribution in [2.45, 2.75) is 31.0 Å². The van der Waals surface area contributed by atoms with Gasteiger partial charge in [-0.1, -0.05) is 12.6 Å². The summed E-state index contributed by atoms with van der Waals surface area (Å²) < 4.78 is 43.1. The second-order valence-electron chi connectivity index (χ2n) is 5.58. The summed E-state index contributed by atoms with van der Waals surface area (Å²) in [6.07, 6.45) is -5.04. The number of aliphatic hydroxyl groups is 2. The molecule has 22 heavy (non-hydrogen) atoms. The summed E-state index contributed by atoms with van der Waals surface area (Å²) >= 11 is 0. The summed E-state index contributed by atoms with van der Waals surface area (Å²) in [5, 5.41) is 19.2. The van der Waals surface area contributed by atoms with Crippen molar-refractivity contribution in [1.82, 2.24) is 0 Å². The molecule has 1 aromatic carbocycles. The van der Waals surface area contributed by atoms with Crippen molar-refractivity contribution in [2.24, 2.45) is 5.92 Å². The van der Waals surface area contributed by atoms with Crippen LogP contribution in [0.5, 0.6) is 5.75 Å². The van der Waals surface area contributed by atoms with E-state index in [1.54, 1.807) is 13.2 Å². The maximum absolute atomic E-state index is 12.7. The van der Waals surface area contributed by atoms with Gasteiger partial charge in [-0.25, -0.2) is 0 Å². The molecule has 0 spiro atoms. The maximum atomic E-state index is 12.7. The van der Waals surface area contributed by atoms with Gasteiger partial charge in [0.05, 0.1) is 19.8 Å². The predicted octanol–water partition coefficient (Wildman–Crippen LogP) is 2.81. The van der Waals surface area contributed by atoms with E-state index in [-0.39, 0.29) is 12.3 Å². The first-order valence-electron chi connectivity index (χ1n) is 6.99. The lowest BCUT2D eigenvalue weighted by molar-refractivity contribution is -0.108. The zero-order valence-corrected chi connectivity index (χ0v) is 12.2. The van der Waals surface area contributed by atoms with Crippen molar-refractivity contribution in [3.63, 3.8) is 0 Å². The van der Waals surface area contributed by atoms with Gasteiger partial charge < -0.3 is 14.9 Å². The van der Waals surface area contributed by atoms with Crippen LogP contribution in [0.15, 0.2) is 30.4 Å². The van der Waals surface area contributed by atoms with Gasteiger partial charge >= 0.3 is 6.18 Å². The summed E-state index contributed by atoms with van der Waals surface area (Å²) in [6, 6.07) is 5.54. The van der Waals surface area contributed by atoms with Crippen LogP contribution in [0.1, 0.15) is 23.5 Å². The van der Waals surface area contributed by atoms with Crippen LogP contribution in [0.25, 0.3) is 0 Å². The van der Waals surface area contributed by atoms with E-state index in [0.29, 0.717) is 6.42 Å². The fourth-order valence-electron chi connectivity index (χ4n) is 2.87. The van der Waals surface area contributed by atoms with E-state index in [4.69, 9.17) is 9.84 Å². The number of aliphatic hydroxyl groups excluding tert-OH is 2. The lowest BCUT2D eigenvalue weighted by atomic mass is 9.73. The molecule has 0 radical (unpaired) electrons. The molecule has 6 heteroatoms. The molecular weight excluding hydrogens is 297 g/mol. The molecule has 0 aliphatic heterocycles. The van der Waals surface area contributed by atoms with Crippen molar-refractivity contribution in [3.8, 4) is 5.75 Å². The van der Waals surface area contributed by atoms with E-state index in [0.717, 1.165) is 16.9 Å². The number of fused-ring (bicyclic) bond motifs is 1. The van der Waals surface area contributed by atoms with Gasteiger partial charge in [0.2, 0.25) is 0 Å². The third-order valence-corrected chi connectivity index (χ3v) is 4.26. The highest BCUT2D eigenvalue weighted by Gasteiger charge is 2.41. The van der Waals surface area contributed by atoms with Gasteiger partial charge in [0.15, 0.2) is 0 Å². The molecule has 122 valence electrons. The van der Waals surface area contributed by atoms with Crippen molar-refractivity contribution < 1.29 is 28.1 Å². The van der Waals surface area contributed by atoms with Gasteiger partial charge in [-0.2, -0.15) is 13.2 Å². The molecule has 2 N–H and O–H groups in total. The van der Waals surface area contributed by atoms with E-state index in [1.165, 1.54) is 0 Å². The smallest absolute Gasteiger partial charge is 0.412 e. The van der Waals surface area contributed by atoms with Gasteiger partial charge in [0.25, 0.3) is 0 Å². The van der Waals surface area contributed by atoms with Crippen molar-refractivity contribution in [2.75, 3.05) is 13.7 Å². The molecule has 3 atom stereocenters. The van der Waals surface area contributed by atoms with Crippen molar-refractivity contribution >= 4 is 0 Å². The minimum Gasteiger partial charge on any atom is -0.497 e. The topological polar surface area (TPSA) is 49.7 Å². The minimum absolute atomic E-state index is 0.00834. The van der Waals surface area contributed by atoms with Gasteiger partial charge in [-0.05, 0) is 42.0 Å². The Bertz CT molecular complexity index is 554. The Labute approximate surface area is 127 Å². The number of rotatable bonds is 6. The first-order valence-corrected chi connectivity index (χ1v) is 6.99. The monoisotopic (exact) mass is 316 g/mol. The molecular formula is C16H19F3O3. The largest absolute Gasteiger partial charge is 0.497 e. The van der Waals surface area contributed by atoms with E-state index < -0.39 is 30.4 Å².